The van der Waals surface area contributed by atoms with E-state index in [1.807, 2.05) is 36.4 Å². The third kappa shape index (κ3) is 2.20. The molecular formula is C16H19NO3. The van der Waals surface area contributed by atoms with Gasteiger partial charge in [0, 0.05) is 12.5 Å². The number of carbonyl (C=O) groups excluding carboxylic acids is 1. The maximum atomic E-state index is 11.8. The van der Waals surface area contributed by atoms with Crippen molar-refractivity contribution in [1.29, 1.82) is 0 Å². The fourth-order valence-electron chi connectivity index (χ4n) is 3.35. The van der Waals surface area contributed by atoms with Crippen molar-refractivity contribution in [2.24, 2.45) is 11.8 Å². The van der Waals surface area contributed by atoms with Crippen molar-refractivity contribution in [3.8, 4) is 0 Å². The van der Waals surface area contributed by atoms with Crippen molar-refractivity contribution in [2.45, 2.75) is 18.6 Å². The van der Waals surface area contributed by atoms with E-state index in [4.69, 9.17) is 4.74 Å². The number of piperidine rings is 1. The zero-order chi connectivity index (χ0) is 14.1. The van der Waals surface area contributed by atoms with Gasteiger partial charge in [0.15, 0.2) is 0 Å². The van der Waals surface area contributed by atoms with Crippen molar-refractivity contribution in [2.75, 3.05) is 13.7 Å². The maximum Gasteiger partial charge on any atom is 0.410 e. The lowest BCUT2D eigenvalue weighted by atomic mass is 9.74. The van der Waals surface area contributed by atoms with Crippen LogP contribution < -0.4 is 0 Å². The van der Waals surface area contributed by atoms with E-state index in [1.54, 1.807) is 4.90 Å². The van der Waals surface area contributed by atoms with Crippen LogP contribution in [0.15, 0.2) is 42.5 Å². The van der Waals surface area contributed by atoms with E-state index in [2.05, 4.69) is 6.08 Å². The van der Waals surface area contributed by atoms with Crippen molar-refractivity contribution >= 4 is 6.09 Å². The normalized spacial score (nSPS) is 29.3. The molecule has 1 aromatic carbocycles. The number of rotatable bonds is 2. The Morgan fingerprint density at radius 2 is 2.10 bits per heavy atom. The van der Waals surface area contributed by atoms with Crippen LogP contribution in [-0.4, -0.2) is 35.8 Å². The minimum absolute atomic E-state index is 0.0280. The molecule has 1 fully saturated rings. The van der Waals surface area contributed by atoms with E-state index < -0.39 is 6.10 Å². The minimum atomic E-state index is -0.555. The predicted molar refractivity (Wildman–Crippen MR) is 75.0 cm³/mol. The summed E-state index contributed by atoms with van der Waals surface area (Å²) < 4.78 is 4.85. The molecule has 0 saturated carbocycles. The van der Waals surface area contributed by atoms with Gasteiger partial charge in [-0.3, -0.25) is 0 Å². The predicted octanol–water partition coefficient (Wildman–Crippen LogP) is 2.36. The molecule has 4 heteroatoms. The van der Waals surface area contributed by atoms with E-state index in [0.717, 1.165) is 12.0 Å². The van der Waals surface area contributed by atoms with Crippen molar-refractivity contribution < 1.29 is 14.6 Å². The third-order valence-corrected chi connectivity index (χ3v) is 4.34. The van der Waals surface area contributed by atoms with Gasteiger partial charge >= 0.3 is 6.09 Å². The summed E-state index contributed by atoms with van der Waals surface area (Å²) in [7, 11) is 1.40. The molecule has 3 aliphatic rings. The van der Waals surface area contributed by atoms with Crippen LogP contribution in [0, 0.1) is 11.8 Å². The average Bonchev–Trinajstić information content (AvgIpc) is 2.54. The van der Waals surface area contributed by atoms with E-state index in [9.17, 15) is 9.90 Å². The lowest BCUT2D eigenvalue weighted by Crippen LogP contribution is -2.54. The number of nitrogens with zero attached hydrogens (tertiary/aromatic N) is 1. The molecule has 4 nitrogen and oxygen atoms in total. The standard InChI is InChI=1S/C16H19NO3/c1-20-16(19)17-10-11-7-8-14(17)13(9-11)15(18)12-5-3-2-4-6-12/h2-8,11,13-15,18H,9-10H2,1H3. The lowest BCUT2D eigenvalue weighted by molar-refractivity contribution is 0.00136. The molecule has 1 aromatic rings. The zero-order valence-corrected chi connectivity index (χ0v) is 11.5. The second-order valence-corrected chi connectivity index (χ2v) is 5.51. The number of fused-ring (bicyclic) bond motifs is 2. The molecule has 1 N–H and O–H groups in total. The number of aliphatic hydroxyl groups is 1. The lowest BCUT2D eigenvalue weighted by Gasteiger charge is -2.47. The quantitative estimate of drug-likeness (QED) is 0.842. The Hall–Kier alpha value is -1.81. The zero-order valence-electron chi connectivity index (χ0n) is 11.5. The van der Waals surface area contributed by atoms with Crippen LogP contribution >= 0.6 is 0 Å². The van der Waals surface area contributed by atoms with Crippen LogP contribution in [0.5, 0.6) is 0 Å². The Bertz CT molecular complexity index is 514. The summed E-state index contributed by atoms with van der Waals surface area (Å²) in [4.78, 5) is 13.6. The first-order valence-electron chi connectivity index (χ1n) is 6.96. The molecule has 2 bridgehead atoms. The molecule has 4 rings (SSSR count). The average molecular weight is 273 g/mol. The molecule has 0 aromatic heterocycles. The first-order chi connectivity index (χ1) is 9.70. The van der Waals surface area contributed by atoms with Gasteiger partial charge in [-0.25, -0.2) is 4.79 Å². The van der Waals surface area contributed by atoms with E-state index in [1.165, 1.54) is 7.11 Å². The molecule has 4 unspecified atom stereocenters. The summed E-state index contributed by atoms with van der Waals surface area (Å²) in [6.45, 7) is 0.686. The van der Waals surface area contributed by atoms with Crippen LogP contribution in [0.2, 0.25) is 0 Å². The van der Waals surface area contributed by atoms with E-state index >= 15 is 0 Å². The van der Waals surface area contributed by atoms with Gasteiger partial charge in [-0.1, -0.05) is 42.5 Å². The van der Waals surface area contributed by atoms with E-state index in [0.29, 0.717) is 12.5 Å². The highest BCUT2D eigenvalue weighted by atomic mass is 16.5. The fourth-order valence-corrected chi connectivity index (χ4v) is 3.35. The molecule has 0 spiro atoms. The Kier molecular flexibility index (Phi) is 3.49. The summed E-state index contributed by atoms with van der Waals surface area (Å²) in [5.74, 6) is 0.336. The van der Waals surface area contributed by atoms with Crippen molar-refractivity contribution in [1.82, 2.24) is 4.90 Å². The van der Waals surface area contributed by atoms with Crippen LogP contribution in [0.4, 0.5) is 4.79 Å². The van der Waals surface area contributed by atoms with Crippen LogP contribution in [0.3, 0.4) is 0 Å². The molecule has 2 heterocycles. The number of carbonyl (C=O) groups is 1. The first kappa shape index (κ1) is 13.2. The summed E-state index contributed by atoms with van der Waals surface area (Å²) in [5.41, 5.74) is 0.906. The SMILES string of the molecule is COC(=O)N1CC2C=CC1C(C(O)c1ccccc1)C2. The number of hydrogen-bond donors (Lipinski definition) is 1. The van der Waals surface area contributed by atoms with Crippen molar-refractivity contribution in [3.63, 3.8) is 0 Å². The van der Waals surface area contributed by atoms with Gasteiger partial charge in [-0.2, -0.15) is 0 Å². The Morgan fingerprint density at radius 1 is 1.35 bits per heavy atom. The number of amides is 1. The summed E-state index contributed by atoms with van der Waals surface area (Å²) in [5, 5.41) is 10.6. The molecular weight excluding hydrogens is 254 g/mol. The van der Waals surface area contributed by atoms with Gasteiger partial charge in [-0.15, -0.1) is 0 Å². The topological polar surface area (TPSA) is 49.8 Å². The Labute approximate surface area is 118 Å². The second-order valence-electron chi connectivity index (χ2n) is 5.51. The molecule has 4 atom stereocenters. The minimum Gasteiger partial charge on any atom is -0.453 e. The van der Waals surface area contributed by atoms with E-state index in [-0.39, 0.29) is 18.1 Å². The second kappa shape index (κ2) is 5.29. The third-order valence-electron chi connectivity index (χ3n) is 4.34. The molecule has 0 radical (unpaired) electrons. The van der Waals surface area contributed by atoms with Gasteiger partial charge in [0.2, 0.25) is 0 Å². The van der Waals surface area contributed by atoms with Crippen LogP contribution in [0.25, 0.3) is 0 Å². The number of methoxy groups -OCH3 is 1. The molecule has 2 aliphatic heterocycles. The molecule has 20 heavy (non-hydrogen) atoms. The molecule has 1 aliphatic carbocycles. The van der Waals surface area contributed by atoms with Gasteiger partial charge in [0.1, 0.15) is 0 Å². The smallest absolute Gasteiger partial charge is 0.410 e. The Balaban J connectivity index is 1.84. The van der Waals surface area contributed by atoms with Gasteiger partial charge < -0.3 is 14.7 Å². The van der Waals surface area contributed by atoms with Crippen LogP contribution in [-0.2, 0) is 4.74 Å². The number of aliphatic hydroxyl groups excluding tert-OH is 1. The molecule has 106 valence electrons. The molecule has 1 saturated heterocycles. The highest BCUT2D eigenvalue weighted by molar-refractivity contribution is 5.69. The first-order valence-corrected chi connectivity index (χ1v) is 6.96. The van der Waals surface area contributed by atoms with Gasteiger partial charge in [0.05, 0.1) is 19.3 Å². The monoisotopic (exact) mass is 273 g/mol. The highest BCUT2D eigenvalue weighted by Crippen LogP contribution is 2.41. The van der Waals surface area contributed by atoms with Gasteiger partial charge in [0.25, 0.3) is 0 Å². The molecule has 1 amide bonds. The summed E-state index contributed by atoms with van der Waals surface area (Å²) in [6.07, 6.45) is 4.23. The Morgan fingerprint density at radius 3 is 2.75 bits per heavy atom. The largest absolute Gasteiger partial charge is 0.453 e. The number of ether oxygens (including phenoxy) is 1. The summed E-state index contributed by atoms with van der Waals surface area (Å²) >= 11 is 0. The highest BCUT2D eigenvalue weighted by Gasteiger charge is 2.43. The summed E-state index contributed by atoms with van der Waals surface area (Å²) in [6, 6.07) is 9.56. The fraction of sp³-hybridized carbons (Fsp3) is 0.438. The van der Waals surface area contributed by atoms with Crippen LogP contribution in [0.1, 0.15) is 18.1 Å². The number of hydrogen-bond acceptors (Lipinski definition) is 3. The number of benzene rings is 1. The van der Waals surface area contributed by atoms with Gasteiger partial charge in [-0.05, 0) is 17.9 Å². The maximum absolute atomic E-state index is 11.8. The van der Waals surface area contributed by atoms with Crippen molar-refractivity contribution in [3.05, 3.63) is 48.0 Å².